The van der Waals surface area contributed by atoms with Crippen molar-refractivity contribution in [1.82, 2.24) is 15.5 Å². The van der Waals surface area contributed by atoms with Gasteiger partial charge in [-0.15, -0.1) is 0 Å². The highest BCUT2D eigenvalue weighted by atomic mass is 19.1. The van der Waals surface area contributed by atoms with Gasteiger partial charge in [-0.2, -0.15) is 0 Å². The zero-order valence-corrected chi connectivity index (χ0v) is 18.3. The summed E-state index contributed by atoms with van der Waals surface area (Å²) in [7, 11) is 0. The maximum atomic E-state index is 14.2. The Labute approximate surface area is 183 Å². The Morgan fingerprint density at radius 1 is 1.26 bits per heavy atom. The second-order valence-electron chi connectivity index (χ2n) is 10.0. The number of carbonyl (C=O) groups is 2. The van der Waals surface area contributed by atoms with E-state index >= 15 is 0 Å². The van der Waals surface area contributed by atoms with E-state index in [1.807, 2.05) is 6.92 Å². The number of amides is 2. The number of anilines is 1. The van der Waals surface area contributed by atoms with Gasteiger partial charge in [0.2, 0.25) is 11.8 Å². The monoisotopic (exact) mass is 428 g/mol. The van der Waals surface area contributed by atoms with Crippen LogP contribution in [-0.2, 0) is 16.0 Å². The molecular formula is C24H33FN4O2. The number of benzene rings is 1. The van der Waals surface area contributed by atoms with E-state index in [-0.39, 0.29) is 29.1 Å². The summed E-state index contributed by atoms with van der Waals surface area (Å²) in [5, 5.41) is 9.51. The number of carbonyl (C=O) groups excluding carboxylic acids is 2. The largest absolute Gasteiger partial charge is 0.373 e. The maximum Gasteiger partial charge on any atom is 0.243 e. The fraction of sp³-hybridized carbons (Fsp3) is 0.667. The molecule has 2 unspecified atom stereocenters. The van der Waals surface area contributed by atoms with Crippen LogP contribution in [0.25, 0.3) is 0 Å². The molecule has 0 aromatic heterocycles. The van der Waals surface area contributed by atoms with Crippen molar-refractivity contribution in [3.05, 3.63) is 29.1 Å². The summed E-state index contributed by atoms with van der Waals surface area (Å²) in [6.07, 6.45) is 7.51. The van der Waals surface area contributed by atoms with Crippen LogP contribution < -0.4 is 16.0 Å². The SMILES string of the molecule is Cc1ccc(F)c2c1NC(C(=O)N[C@@H]1CCC[C@@H](N3CCCC4(CCNC4=O)C3)C1)C2. The minimum atomic E-state index is -0.411. The van der Waals surface area contributed by atoms with E-state index in [0.29, 0.717) is 18.0 Å². The Bertz CT molecular complexity index is 860. The molecule has 0 bridgehead atoms. The Hall–Kier alpha value is -2.15. The predicted octanol–water partition coefficient (Wildman–Crippen LogP) is 2.50. The summed E-state index contributed by atoms with van der Waals surface area (Å²) in [5.74, 6) is -0.0469. The van der Waals surface area contributed by atoms with E-state index in [2.05, 4.69) is 20.9 Å². The first-order valence-electron chi connectivity index (χ1n) is 11.8. The van der Waals surface area contributed by atoms with Gasteiger partial charge in [0.1, 0.15) is 11.9 Å². The van der Waals surface area contributed by atoms with E-state index in [0.717, 1.165) is 75.8 Å². The maximum absolute atomic E-state index is 14.2. The normalized spacial score (nSPS) is 33.1. The number of piperidine rings is 1. The topological polar surface area (TPSA) is 73.5 Å². The molecule has 6 nitrogen and oxygen atoms in total. The summed E-state index contributed by atoms with van der Waals surface area (Å²) >= 11 is 0. The van der Waals surface area contributed by atoms with E-state index in [4.69, 9.17) is 0 Å². The van der Waals surface area contributed by atoms with Crippen LogP contribution in [0.3, 0.4) is 0 Å². The fourth-order valence-electron chi connectivity index (χ4n) is 6.24. The van der Waals surface area contributed by atoms with E-state index in [9.17, 15) is 14.0 Å². The zero-order chi connectivity index (χ0) is 21.6. The minimum absolute atomic E-state index is 0.0362. The Kier molecular flexibility index (Phi) is 5.40. The quantitative estimate of drug-likeness (QED) is 0.692. The third-order valence-electron chi connectivity index (χ3n) is 7.99. The average Bonchev–Trinajstić information content (AvgIpc) is 3.37. The minimum Gasteiger partial charge on any atom is -0.373 e. The van der Waals surface area contributed by atoms with Crippen molar-refractivity contribution in [2.45, 2.75) is 76.4 Å². The smallest absolute Gasteiger partial charge is 0.243 e. The first-order chi connectivity index (χ1) is 14.9. The first-order valence-corrected chi connectivity index (χ1v) is 11.8. The molecule has 4 atom stereocenters. The molecule has 31 heavy (non-hydrogen) atoms. The number of fused-ring (bicyclic) bond motifs is 1. The average molecular weight is 429 g/mol. The summed E-state index contributed by atoms with van der Waals surface area (Å²) in [6, 6.07) is 3.38. The van der Waals surface area contributed by atoms with Gasteiger partial charge in [-0.1, -0.05) is 6.07 Å². The fourth-order valence-corrected chi connectivity index (χ4v) is 6.24. The summed E-state index contributed by atoms with van der Waals surface area (Å²) < 4.78 is 14.2. The van der Waals surface area contributed by atoms with E-state index in [1.54, 1.807) is 6.07 Å². The van der Waals surface area contributed by atoms with Crippen LogP contribution in [0.5, 0.6) is 0 Å². The van der Waals surface area contributed by atoms with Crippen molar-refractivity contribution in [1.29, 1.82) is 0 Å². The highest BCUT2D eigenvalue weighted by Gasteiger charge is 2.46. The van der Waals surface area contributed by atoms with Crippen LogP contribution in [-0.4, -0.2) is 54.5 Å². The lowest BCUT2D eigenvalue weighted by atomic mass is 9.77. The number of hydrogen-bond donors (Lipinski definition) is 3. The highest BCUT2D eigenvalue weighted by molar-refractivity contribution is 5.88. The van der Waals surface area contributed by atoms with Crippen LogP contribution in [0.2, 0.25) is 0 Å². The van der Waals surface area contributed by atoms with Crippen molar-refractivity contribution in [3.8, 4) is 0 Å². The van der Waals surface area contributed by atoms with Gasteiger partial charge in [-0.25, -0.2) is 4.39 Å². The standard InChI is InChI=1S/C24H33FN4O2/c1-15-6-7-19(25)18-13-20(28-21(15)18)22(30)27-16-4-2-5-17(12-16)29-11-3-8-24(14-29)9-10-26-23(24)31/h6-7,16-17,20,28H,2-5,8-14H2,1H3,(H,26,31)(H,27,30)/t16-,17-,20?,24?/m1/s1. The lowest BCUT2D eigenvalue weighted by molar-refractivity contribution is -0.131. The molecule has 3 heterocycles. The van der Waals surface area contributed by atoms with Gasteiger partial charge in [-0.3, -0.25) is 14.5 Å². The lowest BCUT2D eigenvalue weighted by Gasteiger charge is -2.45. The van der Waals surface area contributed by atoms with E-state index in [1.165, 1.54) is 6.07 Å². The van der Waals surface area contributed by atoms with Gasteiger partial charge >= 0.3 is 0 Å². The van der Waals surface area contributed by atoms with Crippen molar-refractivity contribution in [2.24, 2.45) is 5.41 Å². The van der Waals surface area contributed by atoms with Gasteiger partial charge < -0.3 is 16.0 Å². The lowest BCUT2D eigenvalue weighted by Crippen LogP contribution is -2.54. The summed E-state index contributed by atoms with van der Waals surface area (Å²) in [4.78, 5) is 27.9. The van der Waals surface area contributed by atoms with Gasteiger partial charge in [0.25, 0.3) is 0 Å². The molecule has 1 aromatic rings. The third kappa shape index (κ3) is 3.81. The Balaban J connectivity index is 1.20. The number of nitrogens with zero attached hydrogens (tertiary/aromatic N) is 1. The molecule has 4 aliphatic rings. The number of likely N-dealkylation sites (tertiary alicyclic amines) is 1. The summed E-state index contributed by atoms with van der Waals surface area (Å²) in [5.41, 5.74) is 2.17. The van der Waals surface area contributed by atoms with Crippen molar-refractivity contribution < 1.29 is 14.0 Å². The van der Waals surface area contributed by atoms with E-state index < -0.39 is 6.04 Å². The molecule has 1 saturated carbocycles. The highest BCUT2D eigenvalue weighted by Crippen LogP contribution is 2.39. The predicted molar refractivity (Wildman–Crippen MR) is 117 cm³/mol. The third-order valence-corrected chi connectivity index (χ3v) is 7.99. The first kappa shape index (κ1) is 20.7. The van der Waals surface area contributed by atoms with Crippen LogP contribution in [0, 0.1) is 18.2 Å². The second-order valence-corrected chi connectivity index (χ2v) is 10.0. The van der Waals surface area contributed by atoms with Crippen LogP contribution in [0.1, 0.15) is 56.1 Å². The van der Waals surface area contributed by atoms with Crippen LogP contribution in [0.4, 0.5) is 10.1 Å². The molecule has 0 radical (unpaired) electrons. The molecule has 1 spiro atoms. The molecule has 168 valence electrons. The summed E-state index contributed by atoms with van der Waals surface area (Å²) in [6.45, 7) is 4.63. The zero-order valence-electron chi connectivity index (χ0n) is 18.3. The molecule has 7 heteroatoms. The number of aryl methyl sites for hydroxylation is 1. The second kappa shape index (κ2) is 8.08. The number of halogens is 1. The van der Waals surface area contributed by atoms with Crippen molar-refractivity contribution >= 4 is 17.5 Å². The molecule has 3 aliphatic heterocycles. The molecule has 3 fully saturated rings. The number of rotatable bonds is 3. The molecule has 1 aliphatic carbocycles. The number of hydrogen-bond acceptors (Lipinski definition) is 4. The van der Waals surface area contributed by atoms with Crippen molar-refractivity contribution in [3.63, 3.8) is 0 Å². The molecule has 5 rings (SSSR count). The molecular weight excluding hydrogens is 395 g/mol. The van der Waals surface area contributed by atoms with Gasteiger partial charge in [-0.05, 0) is 70.0 Å². The molecule has 2 saturated heterocycles. The van der Waals surface area contributed by atoms with Gasteiger partial charge in [0, 0.05) is 42.8 Å². The van der Waals surface area contributed by atoms with Gasteiger partial charge in [0.15, 0.2) is 0 Å². The molecule has 1 aromatic carbocycles. The van der Waals surface area contributed by atoms with Crippen LogP contribution in [0.15, 0.2) is 12.1 Å². The van der Waals surface area contributed by atoms with Crippen LogP contribution >= 0.6 is 0 Å². The number of nitrogens with one attached hydrogen (secondary N) is 3. The van der Waals surface area contributed by atoms with Gasteiger partial charge in [0.05, 0.1) is 5.41 Å². The molecule has 3 N–H and O–H groups in total. The van der Waals surface area contributed by atoms with Crippen molar-refractivity contribution in [2.75, 3.05) is 25.0 Å². The Morgan fingerprint density at radius 3 is 2.90 bits per heavy atom. The molecule has 2 amide bonds. The Morgan fingerprint density at radius 2 is 2.13 bits per heavy atom.